The molecule has 0 saturated carbocycles. The molecule has 0 aliphatic heterocycles. The second-order valence-corrected chi connectivity index (χ2v) is 4.97. The zero-order chi connectivity index (χ0) is 17.1. The summed E-state index contributed by atoms with van der Waals surface area (Å²) >= 11 is 0. The van der Waals surface area contributed by atoms with Crippen LogP contribution in [0.25, 0.3) is 0 Å². The second-order valence-electron chi connectivity index (χ2n) is 4.97. The van der Waals surface area contributed by atoms with Gasteiger partial charge in [-0.15, -0.1) is 0 Å². The van der Waals surface area contributed by atoms with Gasteiger partial charge < -0.3 is 4.57 Å². The Morgan fingerprint density at radius 1 is 1.17 bits per heavy atom. The quantitative estimate of drug-likeness (QED) is 0.517. The number of hydrazone groups is 1. The fraction of sp³-hybridized carbons (Fsp3) is 0.214. The molecule has 9 heteroatoms. The first-order valence-electron chi connectivity index (χ1n) is 6.66. The molecule has 1 heterocycles. The number of nitrogens with one attached hydrogen (secondary N) is 1. The number of aromatic nitrogens is 1. The summed E-state index contributed by atoms with van der Waals surface area (Å²) in [4.78, 5) is 20.3. The molecule has 0 unspecified atom stereocenters. The predicted octanol–water partition coefficient (Wildman–Crippen LogP) is 2.90. The van der Waals surface area contributed by atoms with Crippen LogP contribution in [0.4, 0.5) is 17.1 Å². The number of non-ortho nitro benzene ring substituents is 1. The number of benzene rings is 1. The first-order valence-corrected chi connectivity index (χ1v) is 6.66. The van der Waals surface area contributed by atoms with Crippen molar-refractivity contribution >= 4 is 23.3 Å². The van der Waals surface area contributed by atoms with Gasteiger partial charge in [0.15, 0.2) is 0 Å². The molecular weight excluding hydrogens is 302 g/mol. The number of nitro benzene ring substituents is 2. The van der Waals surface area contributed by atoms with Gasteiger partial charge in [0.05, 0.1) is 22.1 Å². The summed E-state index contributed by atoms with van der Waals surface area (Å²) in [5, 5.41) is 25.7. The van der Waals surface area contributed by atoms with Crippen LogP contribution in [0.2, 0.25) is 0 Å². The predicted molar refractivity (Wildman–Crippen MR) is 85.9 cm³/mol. The van der Waals surface area contributed by atoms with E-state index in [0.717, 1.165) is 23.0 Å². The molecule has 0 aliphatic carbocycles. The Kier molecular flexibility index (Phi) is 4.39. The molecule has 23 heavy (non-hydrogen) atoms. The largest absolute Gasteiger partial charge is 0.352 e. The average Bonchev–Trinajstić information content (AvgIpc) is 2.74. The third-order valence-corrected chi connectivity index (χ3v) is 3.59. The second kappa shape index (κ2) is 6.26. The third-order valence-electron chi connectivity index (χ3n) is 3.59. The summed E-state index contributed by atoms with van der Waals surface area (Å²) in [6, 6.07) is 5.28. The van der Waals surface area contributed by atoms with Crippen LogP contribution in [0.1, 0.15) is 17.0 Å². The van der Waals surface area contributed by atoms with Crippen molar-refractivity contribution in [1.82, 2.24) is 4.57 Å². The molecule has 1 aromatic heterocycles. The summed E-state index contributed by atoms with van der Waals surface area (Å²) in [5.74, 6) is 0. The maximum atomic E-state index is 11.0. The van der Waals surface area contributed by atoms with Crippen molar-refractivity contribution in [3.8, 4) is 0 Å². The Labute approximate surface area is 131 Å². The molecule has 1 N–H and O–H groups in total. The molecule has 0 saturated heterocycles. The first-order chi connectivity index (χ1) is 10.8. The van der Waals surface area contributed by atoms with Crippen molar-refractivity contribution in [2.45, 2.75) is 13.8 Å². The van der Waals surface area contributed by atoms with E-state index in [1.165, 1.54) is 12.1 Å². The first kappa shape index (κ1) is 16.1. The molecule has 0 fully saturated rings. The van der Waals surface area contributed by atoms with Crippen LogP contribution in [-0.4, -0.2) is 20.6 Å². The minimum atomic E-state index is -0.692. The van der Waals surface area contributed by atoms with Crippen LogP contribution >= 0.6 is 0 Å². The van der Waals surface area contributed by atoms with Crippen LogP contribution in [0, 0.1) is 34.1 Å². The minimum Gasteiger partial charge on any atom is -0.352 e. The Balaban J connectivity index is 2.26. The Bertz CT molecular complexity index is 810. The molecule has 0 atom stereocenters. The fourth-order valence-corrected chi connectivity index (χ4v) is 2.07. The van der Waals surface area contributed by atoms with Crippen molar-refractivity contribution in [2.75, 3.05) is 5.43 Å². The SMILES string of the molecule is Cc1cc(/C=N\Nc2ccc([N+](=O)[O-])cc2[N+](=O)[O-])c(C)n1C. The number of nitro groups is 2. The molecule has 0 bridgehead atoms. The van der Waals surface area contributed by atoms with Gasteiger partial charge in [0.1, 0.15) is 5.69 Å². The van der Waals surface area contributed by atoms with E-state index in [4.69, 9.17) is 0 Å². The summed E-state index contributed by atoms with van der Waals surface area (Å²) in [6.45, 7) is 3.89. The highest BCUT2D eigenvalue weighted by Gasteiger charge is 2.19. The number of nitrogens with zero attached hydrogens (tertiary/aromatic N) is 4. The molecule has 0 spiro atoms. The Hall–Kier alpha value is -3.23. The van der Waals surface area contributed by atoms with Gasteiger partial charge in [0, 0.05) is 30.1 Å². The van der Waals surface area contributed by atoms with E-state index in [1.54, 1.807) is 6.21 Å². The van der Waals surface area contributed by atoms with E-state index in [0.29, 0.717) is 0 Å². The molecule has 9 nitrogen and oxygen atoms in total. The molecule has 0 radical (unpaired) electrons. The van der Waals surface area contributed by atoms with Crippen molar-refractivity contribution in [3.05, 3.63) is 61.4 Å². The molecule has 0 amide bonds. The van der Waals surface area contributed by atoms with E-state index in [1.807, 2.05) is 31.5 Å². The highest BCUT2D eigenvalue weighted by atomic mass is 16.6. The molecular formula is C14H15N5O4. The van der Waals surface area contributed by atoms with E-state index in [-0.39, 0.29) is 11.4 Å². The standard InChI is InChI=1S/C14H15N5O4/c1-9-6-11(10(2)17(9)3)8-15-16-13-5-4-12(18(20)21)7-14(13)19(22)23/h4-8,16H,1-3H3/b15-8-. The molecule has 120 valence electrons. The molecule has 0 aliphatic rings. The van der Waals surface area contributed by atoms with Crippen molar-refractivity contribution in [3.63, 3.8) is 0 Å². The minimum absolute atomic E-state index is 0.0853. The number of aryl methyl sites for hydroxylation is 1. The van der Waals surface area contributed by atoms with E-state index in [9.17, 15) is 20.2 Å². The Morgan fingerprint density at radius 2 is 1.87 bits per heavy atom. The number of hydrogen-bond acceptors (Lipinski definition) is 6. The van der Waals surface area contributed by atoms with Gasteiger partial charge in [0.2, 0.25) is 0 Å². The number of anilines is 1. The van der Waals surface area contributed by atoms with Crippen molar-refractivity contribution < 1.29 is 9.85 Å². The maximum Gasteiger partial charge on any atom is 0.301 e. The van der Waals surface area contributed by atoms with E-state index >= 15 is 0 Å². The van der Waals surface area contributed by atoms with Crippen LogP contribution < -0.4 is 5.43 Å². The van der Waals surface area contributed by atoms with Gasteiger partial charge in [-0.2, -0.15) is 5.10 Å². The molecule has 1 aromatic carbocycles. The number of rotatable bonds is 5. The normalized spacial score (nSPS) is 10.9. The summed E-state index contributed by atoms with van der Waals surface area (Å²) in [5.41, 5.74) is 4.84. The summed E-state index contributed by atoms with van der Waals surface area (Å²) in [6.07, 6.45) is 1.55. The highest BCUT2D eigenvalue weighted by Crippen LogP contribution is 2.28. The van der Waals surface area contributed by atoms with E-state index in [2.05, 4.69) is 10.5 Å². The van der Waals surface area contributed by atoms with Gasteiger partial charge in [-0.1, -0.05) is 0 Å². The highest BCUT2D eigenvalue weighted by molar-refractivity contribution is 5.82. The van der Waals surface area contributed by atoms with Gasteiger partial charge >= 0.3 is 5.69 Å². The molecule has 2 aromatic rings. The lowest BCUT2D eigenvalue weighted by Gasteiger charge is -2.02. The van der Waals surface area contributed by atoms with Gasteiger partial charge in [-0.25, -0.2) is 0 Å². The van der Waals surface area contributed by atoms with Crippen LogP contribution in [-0.2, 0) is 7.05 Å². The molecule has 2 rings (SSSR count). The lowest BCUT2D eigenvalue weighted by Crippen LogP contribution is -1.99. The van der Waals surface area contributed by atoms with Crippen molar-refractivity contribution in [2.24, 2.45) is 12.1 Å². The fourth-order valence-electron chi connectivity index (χ4n) is 2.07. The van der Waals surface area contributed by atoms with Gasteiger partial charge in [0.25, 0.3) is 5.69 Å². The Morgan fingerprint density at radius 3 is 2.39 bits per heavy atom. The monoisotopic (exact) mass is 317 g/mol. The zero-order valence-corrected chi connectivity index (χ0v) is 12.8. The lowest BCUT2D eigenvalue weighted by atomic mass is 10.2. The van der Waals surface area contributed by atoms with Gasteiger partial charge in [-0.3, -0.25) is 25.7 Å². The summed E-state index contributed by atoms with van der Waals surface area (Å²) in [7, 11) is 1.93. The zero-order valence-electron chi connectivity index (χ0n) is 12.8. The summed E-state index contributed by atoms with van der Waals surface area (Å²) < 4.78 is 2.00. The average molecular weight is 317 g/mol. The lowest BCUT2D eigenvalue weighted by molar-refractivity contribution is -0.393. The van der Waals surface area contributed by atoms with E-state index < -0.39 is 15.5 Å². The van der Waals surface area contributed by atoms with Crippen LogP contribution in [0.3, 0.4) is 0 Å². The van der Waals surface area contributed by atoms with Crippen LogP contribution in [0.15, 0.2) is 29.4 Å². The van der Waals surface area contributed by atoms with Crippen molar-refractivity contribution in [1.29, 1.82) is 0 Å². The van der Waals surface area contributed by atoms with Crippen LogP contribution in [0.5, 0.6) is 0 Å². The third kappa shape index (κ3) is 3.34. The maximum absolute atomic E-state index is 11.0. The number of hydrogen-bond donors (Lipinski definition) is 1. The smallest absolute Gasteiger partial charge is 0.301 e. The van der Waals surface area contributed by atoms with Gasteiger partial charge in [-0.05, 0) is 26.0 Å². The topological polar surface area (TPSA) is 116 Å².